The molecule has 2 atom stereocenters. The molecular formula is C26H31FN6O2. The van der Waals surface area contributed by atoms with E-state index in [1.807, 2.05) is 36.9 Å². The molecule has 0 radical (unpaired) electrons. The lowest BCUT2D eigenvalue weighted by molar-refractivity contribution is 0.0949. The highest BCUT2D eigenvalue weighted by Gasteiger charge is 2.33. The summed E-state index contributed by atoms with van der Waals surface area (Å²) in [6, 6.07) is 9.44. The van der Waals surface area contributed by atoms with E-state index < -0.39 is 5.95 Å². The second-order valence-electron chi connectivity index (χ2n) is 9.52. The molecule has 3 heterocycles. The fourth-order valence-electron chi connectivity index (χ4n) is 5.37. The van der Waals surface area contributed by atoms with E-state index in [4.69, 9.17) is 4.98 Å². The number of nitrogens with zero attached hydrogens (tertiary/aromatic N) is 4. The summed E-state index contributed by atoms with van der Waals surface area (Å²) >= 11 is 0. The van der Waals surface area contributed by atoms with Crippen LogP contribution in [0.5, 0.6) is 0 Å². The van der Waals surface area contributed by atoms with Gasteiger partial charge in [0.2, 0.25) is 5.95 Å². The molecule has 0 bridgehead atoms. The number of aromatic nitrogens is 3. The Morgan fingerprint density at radius 1 is 1.14 bits per heavy atom. The number of anilines is 1. The van der Waals surface area contributed by atoms with Gasteiger partial charge in [-0.2, -0.15) is 4.39 Å². The Kier molecular flexibility index (Phi) is 6.51. The number of hydrogen-bond acceptors (Lipinski definition) is 6. The molecular weight excluding hydrogens is 447 g/mol. The van der Waals surface area contributed by atoms with E-state index in [1.165, 1.54) is 0 Å². The summed E-state index contributed by atoms with van der Waals surface area (Å²) in [5.41, 5.74) is 2.26. The molecule has 184 valence electrons. The maximum atomic E-state index is 14.7. The Bertz CT molecular complexity index is 1300. The zero-order valence-electron chi connectivity index (χ0n) is 20.2. The lowest BCUT2D eigenvalue weighted by Crippen LogP contribution is -2.50. The third-order valence-corrected chi connectivity index (χ3v) is 7.24. The van der Waals surface area contributed by atoms with Crippen molar-refractivity contribution in [3.8, 4) is 0 Å². The summed E-state index contributed by atoms with van der Waals surface area (Å²) in [5.74, 6) is 0.0494. The molecule has 1 saturated carbocycles. The number of hydrogen-bond donors (Lipinski definition) is 2. The lowest BCUT2D eigenvalue weighted by atomic mass is 10.1. The number of nitrogens with one attached hydrogen (secondary N) is 2. The van der Waals surface area contributed by atoms with Gasteiger partial charge in [0.05, 0.1) is 16.6 Å². The Morgan fingerprint density at radius 3 is 2.69 bits per heavy atom. The molecule has 2 N–H and O–H groups in total. The molecule has 5 rings (SSSR count). The fraction of sp³-hybridized carbons (Fsp3) is 0.462. The topological polar surface area (TPSA) is 94.2 Å². The second-order valence-corrected chi connectivity index (χ2v) is 9.52. The lowest BCUT2D eigenvalue weighted by Gasteiger charge is -2.39. The molecule has 1 aliphatic carbocycles. The van der Waals surface area contributed by atoms with Crippen LogP contribution in [0.4, 0.5) is 10.1 Å². The zero-order chi connectivity index (χ0) is 24.5. The van der Waals surface area contributed by atoms with E-state index in [0.717, 1.165) is 49.3 Å². The molecule has 1 saturated heterocycles. The number of aryl methyl sites for hydroxylation is 1. The standard InChI is InChI=1S/C26H31FN6O2/c1-3-28-26(35)21-8-9-22(23(27)29-21)33-12-10-32(11-13-33)18-6-5-17(15-18)24-30-20-7-4-16(2)14-19(20)25(34)31-24/h4,7-9,14,17-18H,3,5-6,10-13,15H2,1-2H3,(H,28,35)(H,30,31,34)/t17-,18+/m1/s1. The molecule has 2 fully saturated rings. The van der Waals surface area contributed by atoms with Gasteiger partial charge in [0.1, 0.15) is 11.5 Å². The van der Waals surface area contributed by atoms with E-state index in [1.54, 1.807) is 12.1 Å². The molecule has 1 aliphatic heterocycles. The van der Waals surface area contributed by atoms with E-state index >= 15 is 0 Å². The van der Waals surface area contributed by atoms with Gasteiger partial charge in [-0.3, -0.25) is 14.5 Å². The summed E-state index contributed by atoms with van der Waals surface area (Å²) in [7, 11) is 0. The zero-order valence-corrected chi connectivity index (χ0v) is 20.2. The van der Waals surface area contributed by atoms with Crippen molar-refractivity contribution < 1.29 is 9.18 Å². The van der Waals surface area contributed by atoms with Crippen molar-refractivity contribution in [2.75, 3.05) is 37.6 Å². The number of fused-ring (bicyclic) bond motifs is 1. The van der Waals surface area contributed by atoms with Crippen molar-refractivity contribution in [2.45, 2.75) is 45.1 Å². The average molecular weight is 479 g/mol. The minimum atomic E-state index is -0.607. The van der Waals surface area contributed by atoms with Crippen LogP contribution in [-0.2, 0) is 0 Å². The van der Waals surface area contributed by atoms with Crippen molar-refractivity contribution in [3.63, 3.8) is 0 Å². The van der Waals surface area contributed by atoms with Crippen LogP contribution < -0.4 is 15.8 Å². The summed E-state index contributed by atoms with van der Waals surface area (Å²) < 4.78 is 14.7. The van der Waals surface area contributed by atoms with Gasteiger partial charge in [0, 0.05) is 44.7 Å². The number of pyridine rings is 1. The Labute approximate surface area is 203 Å². The summed E-state index contributed by atoms with van der Waals surface area (Å²) in [6.07, 6.45) is 3.00. The van der Waals surface area contributed by atoms with Crippen LogP contribution in [0, 0.1) is 12.9 Å². The summed E-state index contributed by atoms with van der Waals surface area (Å²) in [6.45, 7) is 7.31. The molecule has 3 aromatic rings. The molecule has 0 unspecified atom stereocenters. The minimum Gasteiger partial charge on any atom is -0.365 e. The molecule has 1 aromatic carbocycles. The number of carbonyl (C=O) groups is 1. The number of benzene rings is 1. The maximum absolute atomic E-state index is 14.7. The minimum absolute atomic E-state index is 0.0698. The van der Waals surface area contributed by atoms with E-state index in [9.17, 15) is 14.0 Å². The number of halogens is 1. The summed E-state index contributed by atoms with van der Waals surface area (Å²) in [4.78, 5) is 40.7. The molecule has 35 heavy (non-hydrogen) atoms. The average Bonchev–Trinajstić information content (AvgIpc) is 3.35. The van der Waals surface area contributed by atoms with Gasteiger partial charge in [-0.1, -0.05) is 11.6 Å². The van der Waals surface area contributed by atoms with Crippen molar-refractivity contribution in [2.24, 2.45) is 0 Å². The first-order valence-corrected chi connectivity index (χ1v) is 12.4. The van der Waals surface area contributed by atoms with Crippen LogP contribution in [0.3, 0.4) is 0 Å². The molecule has 8 nitrogen and oxygen atoms in total. The fourth-order valence-corrected chi connectivity index (χ4v) is 5.37. The van der Waals surface area contributed by atoms with Crippen molar-refractivity contribution in [1.29, 1.82) is 0 Å². The highest BCUT2D eigenvalue weighted by atomic mass is 19.1. The van der Waals surface area contributed by atoms with E-state index in [-0.39, 0.29) is 23.1 Å². The maximum Gasteiger partial charge on any atom is 0.269 e. The number of amides is 1. The molecule has 0 spiro atoms. The Hall–Kier alpha value is -3.33. The number of H-pyrrole nitrogens is 1. The molecule has 9 heteroatoms. The smallest absolute Gasteiger partial charge is 0.269 e. The van der Waals surface area contributed by atoms with Gasteiger partial charge in [-0.05, 0) is 57.4 Å². The third-order valence-electron chi connectivity index (χ3n) is 7.24. The van der Waals surface area contributed by atoms with Gasteiger partial charge in [0.15, 0.2) is 0 Å². The van der Waals surface area contributed by atoms with Crippen molar-refractivity contribution in [1.82, 2.24) is 25.2 Å². The van der Waals surface area contributed by atoms with Crippen LogP contribution >= 0.6 is 0 Å². The van der Waals surface area contributed by atoms with Crippen LogP contribution in [0.1, 0.15) is 54.0 Å². The van der Waals surface area contributed by atoms with Crippen LogP contribution in [0.2, 0.25) is 0 Å². The highest BCUT2D eigenvalue weighted by Crippen LogP contribution is 2.36. The predicted molar refractivity (Wildman–Crippen MR) is 133 cm³/mol. The second kappa shape index (κ2) is 9.73. The first-order valence-electron chi connectivity index (χ1n) is 12.4. The largest absolute Gasteiger partial charge is 0.365 e. The van der Waals surface area contributed by atoms with Gasteiger partial charge in [-0.25, -0.2) is 9.97 Å². The Balaban J connectivity index is 1.21. The Morgan fingerprint density at radius 2 is 1.94 bits per heavy atom. The van der Waals surface area contributed by atoms with Gasteiger partial charge in [0.25, 0.3) is 11.5 Å². The molecule has 1 amide bonds. The monoisotopic (exact) mass is 478 g/mol. The van der Waals surface area contributed by atoms with Crippen LogP contribution in [0.15, 0.2) is 35.1 Å². The van der Waals surface area contributed by atoms with Crippen molar-refractivity contribution in [3.05, 3.63) is 63.7 Å². The van der Waals surface area contributed by atoms with Gasteiger partial charge < -0.3 is 15.2 Å². The number of carbonyl (C=O) groups excluding carboxylic acids is 1. The highest BCUT2D eigenvalue weighted by molar-refractivity contribution is 5.92. The first kappa shape index (κ1) is 23.4. The van der Waals surface area contributed by atoms with Crippen LogP contribution in [-0.4, -0.2) is 64.5 Å². The number of piperazine rings is 1. The number of aromatic amines is 1. The SMILES string of the molecule is CCNC(=O)c1ccc(N2CCN([C@H]3CC[C@@H](c4nc5ccc(C)cc5c(=O)[nH]4)C3)CC2)c(F)n1. The summed E-state index contributed by atoms with van der Waals surface area (Å²) in [5, 5.41) is 3.28. The normalized spacial score (nSPS) is 20.9. The quantitative estimate of drug-likeness (QED) is 0.548. The van der Waals surface area contributed by atoms with Gasteiger partial charge in [-0.15, -0.1) is 0 Å². The predicted octanol–water partition coefficient (Wildman–Crippen LogP) is 2.97. The van der Waals surface area contributed by atoms with E-state index in [0.29, 0.717) is 36.7 Å². The number of rotatable bonds is 5. The van der Waals surface area contributed by atoms with Crippen molar-refractivity contribution >= 4 is 22.5 Å². The first-order chi connectivity index (χ1) is 16.9. The van der Waals surface area contributed by atoms with E-state index in [2.05, 4.69) is 20.2 Å². The molecule has 2 aromatic heterocycles. The third kappa shape index (κ3) is 4.77. The van der Waals surface area contributed by atoms with Crippen LogP contribution in [0.25, 0.3) is 10.9 Å². The van der Waals surface area contributed by atoms with Gasteiger partial charge >= 0.3 is 0 Å². The molecule has 2 aliphatic rings.